The molecule has 0 saturated carbocycles. The molecule has 0 aromatic carbocycles. The summed E-state index contributed by atoms with van der Waals surface area (Å²) < 4.78 is -0.560. The highest BCUT2D eigenvalue weighted by Crippen LogP contribution is 2.40. The molecular weight excluding hydrogens is 232 g/mol. The van der Waals surface area contributed by atoms with Gasteiger partial charge in [0.05, 0.1) is 4.75 Å². The molecule has 1 atom stereocenters. The molecule has 2 aliphatic rings. The lowest BCUT2D eigenvalue weighted by Gasteiger charge is -2.20. The standard InChI is InChI=1S/C14H18O2S/c1-14(12(15)9-13(16)17-14)10-11-7-5-3-2-4-6-8-11/h5,7,9-10,15H,2-4,6,8H2,1H3/b7-5-,11-10-/t14-/m0/s1. The van der Waals surface area contributed by atoms with Crippen LogP contribution in [0.1, 0.15) is 39.0 Å². The molecule has 0 spiro atoms. The van der Waals surface area contributed by atoms with Gasteiger partial charge in [0.15, 0.2) is 0 Å². The molecule has 92 valence electrons. The topological polar surface area (TPSA) is 37.3 Å². The van der Waals surface area contributed by atoms with Crippen molar-refractivity contribution in [2.75, 3.05) is 0 Å². The van der Waals surface area contributed by atoms with E-state index in [1.54, 1.807) is 0 Å². The Morgan fingerprint density at radius 2 is 2.24 bits per heavy atom. The van der Waals surface area contributed by atoms with Crippen LogP contribution in [0.25, 0.3) is 0 Å². The molecule has 0 aromatic rings. The molecule has 0 saturated heterocycles. The van der Waals surface area contributed by atoms with Crippen LogP contribution in [-0.4, -0.2) is 15.0 Å². The van der Waals surface area contributed by atoms with Crippen LogP contribution >= 0.6 is 11.8 Å². The SMILES string of the molecule is C[C@@]1(/C=C2/C=C\CCCCC2)SC(=O)C=C1O. The molecule has 17 heavy (non-hydrogen) atoms. The van der Waals surface area contributed by atoms with Crippen molar-refractivity contribution in [1.82, 2.24) is 0 Å². The molecule has 3 heteroatoms. The summed E-state index contributed by atoms with van der Waals surface area (Å²) in [6.45, 7) is 1.90. The second-order valence-electron chi connectivity index (χ2n) is 4.78. The third kappa shape index (κ3) is 3.03. The zero-order valence-corrected chi connectivity index (χ0v) is 10.9. The molecule has 1 heterocycles. The molecule has 1 aliphatic carbocycles. The normalized spacial score (nSPS) is 34.3. The molecule has 0 aromatic heterocycles. The van der Waals surface area contributed by atoms with Crippen molar-refractivity contribution in [2.45, 2.75) is 43.8 Å². The number of allylic oxidation sites excluding steroid dienone is 3. The smallest absolute Gasteiger partial charge is 0.216 e. The van der Waals surface area contributed by atoms with Gasteiger partial charge in [0.2, 0.25) is 5.12 Å². The van der Waals surface area contributed by atoms with Crippen LogP contribution in [0.2, 0.25) is 0 Å². The largest absolute Gasteiger partial charge is 0.510 e. The van der Waals surface area contributed by atoms with E-state index in [4.69, 9.17) is 0 Å². The van der Waals surface area contributed by atoms with E-state index in [1.807, 2.05) is 13.0 Å². The number of aliphatic hydroxyl groups is 1. The zero-order chi connectivity index (χ0) is 12.3. The summed E-state index contributed by atoms with van der Waals surface area (Å²) in [4.78, 5) is 11.3. The van der Waals surface area contributed by atoms with Crippen LogP contribution in [0.3, 0.4) is 0 Å². The molecule has 0 radical (unpaired) electrons. The first-order valence-corrected chi connectivity index (χ1v) is 6.94. The Hall–Kier alpha value is -0.960. The van der Waals surface area contributed by atoms with Crippen molar-refractivity contribution >= 4 is 16.9 Å². The predicted octanol–water partition coefficient (Wildman–Crippen LogP) is 3.91. The summed E-state index contributed by atoms with van der Waals surface area (Å²) in [5, 5.41) is 9.77. The van der Waals surface area contributed by atoms with Gasteiger partial charge in [-0.05, 0) is 32.6 Å². The van der Waals surface area contributed by atoms with Crippen molar-refractivity contribution in [1.29, 1.82) is 0 Å². The number of aliphatic hydroxyl groups excluding tert-OH is 1. The summed E-state index contributed by atoms with van der Waals surface area (Å²) in [7, 11) is 0. The van der Waals surface area contributed by atoms with Gasteiger partial charge >= 0.3 is 0 Å². The van der Waals surface area contributed by atoms with Crippen LogP contribution < -0.4 is 0 Å². The minimum absolute atomic E-state index is 0.0586. The first-order chi connectivity index (χ1) is 8.10. The molecule has 0 fully saturated rings. The number of carbonyl (C=O) groups is 1. The average molecular weight is 250 g/mol. The lowest BCUT2D eigenvalue weighted by molar-refractivity contribution is -0.106. The maximum Gasteiger partial charge on any atom is 0.216 e. The second-order valence-corrected chi connectivity index (χ2v) is 6.23. The van der Waals surface area contributed by atoms with E-state index in [0.29, 0.717) is 0 Å². The van der Waals surface area contributed by atoms with Gasteiger partial charge in [0.25, 0.3) is 0 Å². The third-order valence-electron chi connectivity index (χ3n) is 3.20. The van der Waals surface area contributed by atoms with Crippen LogP contribution in [0.4, 0.5) is 0 Å². The average Bonchev–Trinajstić information content (AvgIpc) is 2.45. The van der Waals surface area contributed by atoms with Gasteiger partial charge in [-0.15, -0.1) is 0 Å². The van der Waals surface area contributed by atoms with Gasteiger partial charge in [-0.1, -0.05) is 42.0 Å². The molecule has 1 N–H and O–H groups in total. The molecule has 1 aliphatic heterocycles. The fourth-order valence-electron chi connectivity index (χ4n) is 2.21. The Morgan fingerprint density at radius 3 is 2.94 bits per heavy atom. The van der Waals surface area contributed by atoms with Gasteiger partial charge in [0.1, 0.15) is 5.76 Å². The maximum absolute atomic E-state index is 11.3. The van der Waals surface area contributed by atoms with E-state index in [9.17, 15) is 9.90 Å². The summed E-state index contributed by atoms with van der Waals surface area (Å²) in [5.41, 5.74) is 1.23. The molecule has 0 bridgehead atoms. The Labute approximate surface area is 106 Å². The van der Waals surface area contributed by atoms with E-state index >= 15 is 0 Å². The Balaban J connectivity index is 2.20. The van der Waals surface area contributed by atoms with Crippen LogP contribution in [-0.2, 0) is 4.79 Å². The lowest BCUT2D eigenvalue weighted by atomic mass is 9.97. The number of rotatable bonds is 1. The summed E-state index contributed by atoms with van der Waals surface area (Å²) >= 11 is 1.19. The summed E-state index contributed by atoms with van der Waals surface area (Å²) in [6.07, 6.45) is 13.6. The Kier molecular flexibility index (Phi) is 3.77. The predicted molar refractivity (Wildman–Crippen MR) is 72.0 cm³/mol. The number of carbonyl (C=O) groups excluding carboxylic acids is 1. The number of hydrogen-bond acceptors (Lipinski definition) is 3. The second kappa shape index (κ2) is 5.13. The number of thioether (sulfide) groups is 1. The van der Waals surface area contributed by atoms with E-state index in [-0.39, 0.29) is 10.9 Å². The number of hydrogen-bond donors (Lipinski definition) is 1. The molecule has 2 rings (SSSR count). The van der Waals surface area contributed by atoms with Crippen molar-refractivity contribution in [3.8, 4) is 0 Å². The summed E-state index contributed by atoms with van der Waals surface area (Å²) in [6, 6.07) is 0. The van der Waals surface area contributed by atoms with Crippen molar-refractivity contribution < 1.29 is 9.90 Å². The molecule has 0 amide bonds. The van der Waals surface area contributed by atoms with Gasteiger partial charge in [-0.25, -0.2) is 0 Å². The zero-order valence-electron chi connectivity index (χ0n) is 10.1. The van der Waals surface area contributed by atoms with Crippen LogP contribution in [0.15, 0.2) is 35.6 Å². The minimum atomic E-state index is -0.560. The van der Waals surface area contributed by atoms with E-state index in [0.717, 1.165) is 12.8 Å². The highest BCUT2D eigenvalue weighted by Gasteiger charge is 2.36. The van der Waals surface area contributed by atoms with Crippen molar-refractivity contribution in [3.05, 3.63) is 35.6 Å². The third-order valence-corrected chi connectivity index (χ3v) is 4.27. The molecule has 0 unspecified atom stereocenters. The Morgan fingerprint density at radius 1 is 1.41 bits per heavy atom. The summed E-state index contributed by atoms with van der Waals surface area (Å²) in [5.74, 6) is 0.176. The Bertz CT molecular complexity index is 406. The molecular formula is C14H18O2S. The van der Waals surface area contributed by atoms with E-state index in [2.05, 4.69) is 12.2 Å². The van der Waals surface area contributed by atoms with Gasteiger partial charge in [0, 0.05) is 6.08 Å². The maximum atomic E-state index is 11.3. The van der Waals surface area contributed by atoms with Crippen molar-refractivity contribution in [2.24, 2.45) is 0 Å². The monoisotopic (exact) mass is 250 g/mol. The first-order valence-electron chi connectivity index (χ1n) is 6.12. The minimum Gasteiger partial charge on any atom is -0.510 e. The fraction of sp³-hybridized carbons (Fsp3) is 0.500. The quantitative estimate of drug-likeness (QED) is 0.766. The van der Waals surface area contributed by atoms with Crippen molar-refractivity contribution in [3.63, 3.8) is 0 Å². The highest BCUT2D eigenvalue weighted by atomic mass is 32.2. The van der Waals surface area contributed by atoms with Gasteiger partial charge in [-0.2, -0.15) is 0 Å². The van der Waals surface area contributed by atoms with E-state index in [1.165, 1.54) is 42.7 Å². The van der Waals surface area contributed by atoms with Crippen LogP contribution in [0, 0.1) is 0 Å². The van der Waals surface area contributed by atoms with E-state index < -0.39 is 4.75 Å². The fourth-order valence-corrected chi connectivity index (χ4v) is 3.17. The highest BCUT2D eigenvalue weighted by molar-refractivity contribution is 8.15. The van der Waals surface area contributed by atoms with Gasteiger partial charge < -0.3 is 5.11 Å². The van der Waals surface area contributed by atoms with Crippen LogP contribution in [0.5, 0.6) is 0 Å². The first kappa shape index (κ1) is 12.5. The lowest BCUT2D eigenvalue weighted by Crippen LogP contribution is -2.17. The van der Waals surface area contributed by atoms with Gasteiger partial charge in [-0.3, -0.25) is 4.79 Å². The molecule has 2 nitrogen and oxygen atoms in total.